The first-order valence-electron chi connectivity index (χ1n) is 7.41. The van der Waals surface area contributed by atoms with Crippen molar-refractivity contribution in [3.8, 4) is 0 Å². The first kappa shape index (κ1) is 17.6. The Balaban J connectivity index is 2.30. The zero-order valence-electron chi connectivity index (χ0n) is 12.9. The second-order valence-electron chi connectivity index (χ2n) is 5.35. The van der Waals surface area contributed by atoms with Gasteiger partial charge < -0.3 is 10.1 Å². The third kappa shape index (κ3) is 4.16. The summed E-state index contributed by atoms with van der Waals surface area (Å²) in [6, 6.07) is 3.21. The van der Waals surface area contributed by atoms with E-state index in [1.165, 1.54) is 12.1 Å². The van der Waals surface area contributed by atoms with Gasteiger partial charge in [-0.3, -0.25) is 4.79 Å². The van der Waals surface area contributed by atoms with Crippen molar-refractivity contribution in [3.05, 3.63) is 34.1 Å². The zero-order chi connectivity index (χ0) is 17.0. The highest BCUT2D eigenvalue weighted by molar-refractivity contribution is 9.10. The standard InChI is InChI=1S/C16H18BrFN2O3/c1-3-4-7-23-15(21)13-9(2)19-16(22)20-14(13)10-5-6-12(18)11(17)8-10/h5-6,8,13-14H,3-4,7H2,1-2H3,(H,20,22). The molecule has 0 bridgehead atoms. The molecule has 1 aliphatic heterocycles. The Bertz CT molecular complexity index is 648. The van der Waals surface area contributed by atoms with Gasteiger partial charge >= 0.3 is 12.0 Å². The molecule has 2 rings (SSSR count). The van der Waals surface area contributed by atoms with Gasteiger partial charge in [-0.2, -0.15) is 0 Å². The smallest absolute Gasteiger partial charge is 0.341 e. The minimum absolute atomic E-state index is 0.266. The number of nitrogens with zero attached hydrogens (tertiary/aromatic N) is 1. The fourth-order valence-electron chi connectivity index (χ4n) is 2.41. The molecule has 5 nitrogen and oxygen atoms in total. The van der Waals surface area contributed by atoms with Crippen molar-refractivity contribution >= 4 is 33.6 Å². The van der Waals surface area contributed by atoms with Crippen LogP contribution in [0.4, 0.5) is 9.18 Å². The van der Waals surface area contributed by atoms with E-state index in [1.54, 1.807) is 13.0 Å². The maximum atomic E-state index is 13.4. The van der Waals surface area contributed by atoms with Gasteiger partial charge in [0, 0.05) is 5.71 Å². The van der Waals surface area contributed by atoms with Crippen molar-refractivity contribution in [2.24, 2.45) is 10.9 Å². The SMILES string of the molecule is CCCCOC(=O)C1C(C)=NC(=O)NC1c1ccc(F)c(Br)c1. The van der Waals surface area contributed by atoms with Crippen molar-refractivity contribution < 1.29 is 18.7 Å². The molecule has 1 aliphatic rings. The van der Waals surface area contributed by atoms with Gasteiger partial charge in [0.15, 0.2) is 0 Å². The number of esters is 1. The number of aliphatic imine (C=N–C) groups is 1. The maximum Gasteiger partial charge on any atom is 0.341 e. The molecule has 7 heteroatoms. The van der Waals surface area contributed by atoms with E-state index in [0.717, 1.165) is 12.8 Å². The second-order valence-corrected chi connectivity index (χ2v) is 6.21. The van der Waals surface area contributed by atoms with Crippen LogP contribution in [-0.2, 0) is 9.53 Å². The molecule has 124 valence electrons. The van der Waals surface area contributed by atoms with Crippen LogP contribution in [0.2, 0.25) is 0 Å². The molecule has 0 aromatic heterocycles. The van der Waals surface area contributed by atoms with E-state index < -0.39 is 29.8 Å². The molecule has 2 atom stereocenters. The fraction of sp³-hybridized carbons (Fsp3) is 0.438. The average Bonchev–Trinajstić information content (AvgIpc) is 2.49. The van der Waals surface area contributed by atoms with Gasteiger partial charge in [0.1, 0.15) is 11.7 Å². The molecule has 0 spiro atoms. The summed E-state index contributed by atoms with van der Waals surface area (Å²) in [5, 5.41) is 2.66. The highest BCUT2D eigenvalue weighted by atomic mass is 79.9. The van der Waals surface area contributed by atoms with Gasteiger partial charge in [0.05, 0.1) is 17.1 Å². The van der Waals surface area contributed by atoms with Gasteiger partial charge in [-0.1, -0.05) is 19.4 Å². The van der Waals surface area contributed by atoms with Gasteiger partial charge in [-0.15, -0.1) is 0 Å². The molecular weight excluding hydrogens is 367 g/mol. The molecular formula is C16H18BrFN2O3. The number of halogens is 2. The number of hydrogen-bond acceptors (Lipinski definition) is 3. The number of ether oxygens (including phenoxy) is 1. The summed E-state index contributed by atoms with van der Waals surface area (Å²) in [6.45, 7) is 3.95. The first-order valence-corrected chi connectivity index (χ1v) is 8.20. The Labute approximate surface area is 142 Å². The number of nitrogens with one attached hydrogen (secondary N) is 1. The normalized spacial score (nSPS) is 20.7. The molecule has 0 saturated carbocycles. The lowest BCUT2D eigenvalue weighted by atomic mass is 9.88. The van der Waals surface area contributed by atoms with Gasteiger partial charge in [0.25, 0.3) is 0 Å². The quantitative estimate of drug-likeness (QED) is 0.620. The third-order valence-electron chi connectivity index (χ3n) is 3.64. The number of urea groups is 1. The second kappa shape index (κ2) is 7.68. The summed E-state index contributed by atoms with van der Waals surface area (Å²) in [5.74, 6) is -1.57. The van der Waals surface area contributed by atoms with Crippen molar-refractivity contribution in [2.45, 2.75) is 32.7 Å². The number of carbonyl (C=O) groups is 2. The molecule has 1 heterocycles. The summed E-state index contributed by atoms with van der Waals surface area (Å²) in [6.07, 6.45) is 1.68. The molecule has 0 saturated heterocycles. The molecule has 2 amide bonds. The molecule has 1 N–H and O–H groups in total. The predicted octanol–water partition coefficient (Wildman–Crippen LogP) is 3.77. The van der Waals surface area contributed by atoms with E-state index in [4.69, 9.17) is 4.74 Å². The molecule has 2 unspecified atom stereocenters. The number of benzene rings is 1. The Morgan fingerprint density at radius 3 is 2.87 bits per heavy atom. The van der Waals surface area contributed by atoms with Gasteiger partial charge in [-0.05, 0) is 47.0 Å². The van der Waals surface area contributed by atoms with Crippen LogP contribution in [0.15, 0.2) is 27.7 Å². The summed E-state index contributed by atoms with van der Waals surface area (Å²) in [4.78, 5) is 27.9. The summed E-state index contributed by atoms with van der Waals surface area (Å²) in [7, 11) is 0. The monoisotopic (exact) mass is 384 g/mol. The Kier molecular flexibility index (Phi) is 5.87. The van der Waals surface area contributed by atoms with Crippen LogP contribution in [0, 0.1) is 11.7 Å². The molecule has 0 aliphatic carbocycles. The van der Waals surface area contributed by atoms with Crippen molar-refractivity contribution in [1.82, 2.24) is 5.32 Å². The predicted molar refractivity (Wildman–Crippen MR) is 87.8 cm³/mol. The molecule has 0 fully saturated rings. The van der Waals surface area contributed by atoms with Crippen LogP contribution < -0.4 is 5.32 Å². The molecule has 0 radical (unpaired) electrons. The highest BCUT2D eigenvalue weighted by Crippen LogP contribution is 2.30. The number of rotatable bonds is 5. The lowest BCUT2D eigenvalue weighted by molar-refractivity contribution is -0.147. The minimum atomic E-state index is -0.720. The van der Waals surface area contributed by atoms with Crippen LogP contribution in [-0.4, -0.2) is 24.3 Å². The number of unbranched alkanes of at least 4 members (excludes halogenated alkanes) is 1. The van der Waals surface area contributed by atoms with Crippen molar-refractivity contribution in [1.29, 1.82) is 0 Å². The van der Waals surface area contributed by atoms with Crippen LogP contribution in [0.25, 0.3) is 0 Å². The topological polar surface area (TPSA) is 67.8 Å². The highest BCUT2D eigenvalue weighted by Gasteiger charge is 2.38. The van der Waals surface area contributed by atoms with Crippen LogP contribution in [0.5, 0.6) is 0 Å². The summed E-state index contributed by atoms with van der Waals surface area (Å²) in [5.41, 5.74) is 0.999. The van der Waals surface area contributed by atoms with E-state index in [-0.39, 0.29) is 4.47 Å². The minimum Gasteiger partial charge on any atom is -0.465 e. The zero-order valence-corrected chi connectivity index (χ0v) is 14.5. The summed E-state index contributed by atoms with van der Waals surface area (Å²) < 4.78 is 19.0. The third-order valence-corrected chi connectivity index (χ3v) is 4.25. The van der Waals surface area contributed by atoms with E-state index in [1.807, 2.05) is 6.92 Å². The van der Waals surface area contributed by atoms with Crippen molar-refractivity contribution in [3.63, 3.8) is 0 Å². The first-order chi connectivity index (χ1) is 10.9. The molecule has 23 heavy (non-hydrogen) atoms. The number of carbonyl (C=O) groups excluding carboxylic acids is 2. The van der Waals surface area contributed by atoms with Crippen LogP contribution in [0.1, 0.15) is 38.3 Å². The van der Waals surface area contributed by atoms with Crippen LogP contribution >= 0.6 is 15.9 Å². The van der Waals surface area contributed by atoms with Gasteiger partial charge in [0.2, 0.25) is 0 Å². The fourth-order valence-corrected chi connectivity index (χ4v) is 2.81. The largest absolute Gasteiger partial charge is 0.465 e. The van der Waals surface area contributed by atoms with Crippen molar-refractivity contribution in [2.75, 3.05) is 6.61 Å². The Hall–Kier alpha value is -1.76. The van der Waals surface area contributed by atoms with E-state index >= 15 is 0 Å². The van der Waals surface area contributed by atoms with E-state index in [9.17, 15) is 14.0 Å². The Morgan fingerprint density at radius 2 is 2.22 bits per heavy atom. The molecule has 1 aromatic rings. The maximum absolute atomic E-state index is 13.4. The number of hydrogen-bond donors (Lipinski definition) is 1. The number of amides is 2. The lowest BCUT2D eigenvalue weighted by Gasteiger charge is -2.29. The lowest BCUT2D eigenvalue weighted by Crippen LogP contribution is -2.44. The summed E-state index contributed by atoms with van der Waals surface area (Å²) >= 11 is 3.12. The van der Waals surface area contributed by atoms with E-state index in [2.05, 4.69) is 26.2 Å². The van der Waals surface area contributed by atoms with Gasteiger partial charge in [-0.25, -0.2) is 14.2 Å². The average molecular weight is 385 g/mol. The Morgan fingerprint density at radius 1 is 1.48 bits per heavy atom. The van der Waals surface area contributed by atoms with Crippen LogP contribution in [0.3, 0.4) is 0 Å². The van der Waals surface area contributed by atoms with E-state index in [0.29, 0.717) is 17.9 Å². The molecule has 1 aromatic carbocycles.